The van der Waals surface area contributed by atoms with Gasteiger partial charge in [-0.15, -0.1) is 0 Å². The van der Waals surface area contributed by atoms with Gasteiger partial charge >= 0.3 is 11.9 Å². The number of allylic oxidation sites excluding steroid dienone is 1. The molecule has 4 rings (SSSR count). The first-order valence-electron chi connectivity index (χ1n) is 10.1. The van der Waals surface area contributed by atoms with E-state index in [1.807, 2.05) is 73.3 Å². The molecule has 2 aliphatic heterocycles. The zero-order valence-corrected chi connectivity index (χ0v) is 19.8. The maximum Gasteiger partial charge on any atom is 0.365 e. The fourth-order valence-electron chi connectivity index (χ4n) is 3.59. The predicted octanol–water partition coefficient (Wildman–Crippen LogP) is 4.69. The number of carbonyl (C=O) groups is 2. The minimum absolute atomic E-state index is 0.223. The van der Waals surface area contributed by atoms with Crippen molar-refractivity contribution in [2.75, 3.05) is 23.6 Å². The number of para-hydroxylation sites is 1. The molecular weight excluding hydrogens is 446 g/mol. The molecule has 0 aromatic heterocycles. The Morgan fingerprint density at radius 3 is 2.38 bits per heavy atom. The summed E-state index contributed by atoms with van der Waals surface area (Å²) in [6.45, 7) is 5.87. The molecular formula is C23H23N3O4S2. The third-order valence-corrected chi connectivity index (χ3v) is 7.80. The van der Waals surface area contributed by atoms with Crippen LogP contribution in [0.25, 0.3) is 0 Å². The second-order valence-electron chi connectivity index (χ2n) is 7.11. The molecule has 2 aliphatic rings. The van der Waals surface area contributed by atoms with Crippen molar-refractivity contribution in [3.8, 4) is 0 Å². The first kappa shape index (κ1) is 22.3. The van der Waals surface area contributed by atoms with E-state index >= 15 is 0 Å². The van der Waals surface area contributed by atoms with Crippen molar-refractivity contribution < 1.29 is 19.1 Å². The molecule has 0 aliphatic carbocycles. The summed E-state index contributed by atoms with van der Waals surface area (Å²) < 4.78 is 9.33. The minimum Gasteiger partial charge on any atom is -0.465 e. The van der Waals surface area contributed by atoms with Gasteiger partial charge in [-0.3, -0.25) is 0 Å². The van der Waals surface area contributed by atoms with Crippen molar-refractivity contribution in [1.82, 2.24) is 0 Å². The molecule has 0 saturated carbocycles. The third-order valence-electron chi connectivity index (χ3n) is 4.95. The van der Waals surface area contributed by atoms with Gasteiger partial charge in [-0.2, -0.15) is 5.10 Å². The number of rotatable bonds is 5. The molecule has 9 heteroatoms. The van der Waals surface area contributed by atoms with E-state index in [4.69, 9.17) is 9.47 Å². The largest absolute Gasteiger partial charge is 0.465 e. The van der Waals surface area contributed by atoms with E-state index in [0.29, 0.717) is 4.91 Å². The quantitative estimate of drug-likeness (QED) is 0.584. The van der Waals surface area contributed by atoms with Crippen molar-refractivity contribution in [2.24, 2.45) is 5.10 Å². The van der Waals surface area contributed by atoms with Gasteiger partial charge in [0, 0.05) is 11.4 Å². The molecule has 7 nitrogen and oxygen atoms in total. The third kappa shape index (κ3) is 3.75. The van der Waals surface area contributed by atoms with Crippen LogP contribution < -0.4 is 9.91 Å². The second-order valence-corrected chi connectivity index (χ2v) is 9.71. The number of esters is 2. The monoisotopic (exact) mass is 469 g/mol. The van der Waals surface area contributed by atoms with Crippen LogP contribution in [0.1, 0.15) is 19.4 Å². The van der Waals surface area contributed by atoms with Crippen molar-refractivity contribution in [3.63, 3.8) is 0 Å². The van der Waals surface area contributed by atoms with E-state index in [-0.39, 0.29) is 11.7 Å². The molecule has 0 bridgehead atoms. The average molecular weight is 470 g/mol. The van der Waals surface area contributed by atoms with Crippen LogP contribution in [0.3, 0.4) is 0 Å². The summed E-state index contributed by atoms with van der Waals surface area (Å²) in [5, 5.41) is 6.69. The Balaban J connectivity index is 1.90. The van der Waals surface area contributed by atoms with Gasteiger partial charge in [-0.1, -0.05) is 42.1 Å². The number of nitrogens with zero attached hydrogens (tertiary/aromatic N) is 3. The Kier molecular flexibility index (Phi) is 6.21. The molecule has 1 spiro atoms. The van der Waals surface area contributed by atoms with Gasteiger partial charge in [0.15, 0.2) is 0 Å². The van der Waals surface area contributed by atoms with Crippen molar-refractivity contribution in [1.29, 1.82) is 0 Å². The van der Waals surface area contributed by atoms with Gasteiger partial charge in [0.2, 0.25) is 9.37 Å². The zero-order chi connectivity index (χ0) is 22.9. The Bertz CT molecular complexity index is 1120. The van der Waals surface area contributed by atoms with Crippen LogP contribution in [0, 0.1) is 6.92 Å². The summed E-state index contributed by atoms with van der Waals surface area (Å²) >= 11 is 2.57. The van der Waals surface area contributed by atoms with Gasteiger partial charge in [0.25, 0.3) is 0 Å². The number of hydrogen-bond acceptors (Lipinski definition) is 9. The summed E-state index contributed by atoms with van der Waals surface area (Å²) in [4.78, 5) is 27.8. The van der Waals surface area contributed by atoms with Crippen LogP contribution in [0.2, 0.25) is 0 Å². The Morgan fingerprint density at radius 2 is 1.72 bits per heavy atom. The summed E-state index contributed by atoms with van der Waals surface area (Å²) in [7, 11) is 1.36. The van der Waals surface area contributed by atoms with Crippen molar-refractivity contribution >= 4 is 51.9 Å². The fraction of sp³-hybridized carbons (Fsp3) is 0.261. The molecule has 0 amide bonds. The number of aryl methyl sites for hydroxylation is 1. The average Bonchev–Trinajstić information content (AvgIpc) is 3.32. The van der Waals surface area contributed by atoms with Gasteiger partial charge in [-0.25, -0.2) is 14.6 Å². The lowest BCUT2D eigenvalue weighted by Gasteiger charge is -2.41. The van der Waals surface area contributed by atoms with E-state index in [1.54, 1.807) is 11.9 Å². The number of carbonyl (C=O) groups excluding carboxylic acids is 2. The van der Waals surface area contributed by atoms with Crippen LogP contribution in [-0.2, 0) is 19.1 Å². The topological polar surface area (TPSA) is 71.4 Å². The van der Waals surface area contributed by atoms with Crippen LogP contribution in [0.15, 0.2) is 70.3 Å². The smallest absolute Gasteiger partial charge is 0.365 e. The summed E-state index contributed by atoms with van der Waals surface area (Å²) in [6.07, 6.45) is 0. The first-order chi connectivity index (χ1) is 15.4. The van der Waals surface area contributed by atoms with Gasteiger partial charge in [0.05, 0.1) is 19.4 Å². The van der Waals surface area contributed by atoms with Crippen LogP contribution in [0.5, 0.6) is 0 Å². The molecule has 0 radical (unpaired) electrons. The molecule has 2 heterocycles. The molecule has 0 saturated heterocycles. The van der Waals surface area contributed by atoms with E-state index in [2.05, 4.69) is 5.10 Å². The van der Waals surface area contributed by atoms with Gasteiger partial charge in [-0.05, 0) is 62.4 Å². The highest BCUT2D eigenvalue weighted by molar-refractivity contribution is 8.29. The maximum absolute atomic E-state index is 12.7. The lowest BCUT2D eigenvalue weighted by Crippen LogP contribution is -2.49. The Hall–Kier alpha value is -2.91. The molecule has 0 unspecified atom stereocenters. The first-order valence-corrected chi connectivity index (χ1v) is 11.7. The fourth-order valence-corrected chi connectivity index (χ4v) is 6.56. The molecule has 166 valence electrons. The molecule has 0 N–H and O–H groups in total. The van der Waals surface area contributed by atoms with Crippen molar-refractivity contribution in [2.45, 2.75) is 25.1 Å². The SMILES string of the molecule is CCOC(=O)C1=NN(c2cccc(C)c2)[C@]2(S1)SC(C(=O)OC)=C(C)N2c1ccccc1. The minimum atomic E-state index is -0.981. The van der Waals surface area contributed by atoms with E-state index in [1.165, 1.54) is 30.6 Å². The van der Waals surface area contributed by atoms with E-state index in [0.717, 1.165) is 22.6 Å². The number of benzene rings is 2. The van der Waals surface area contributed by atoms with E-state index < -0.39 is 16.3 Å². The highest BCUT2D eigenvalue weighted by Crippen LogP contribution is 2.60. The van der Waals surface area contributed by atoms with Crippen LogP contribution >= 0.6 is 23.5 Å². The highest BCUT2D eigenvalue weighted by atomic mass is 32.2. The second kappa shape index (κ2) is 8.91. The predicted molar refractivity (Wildman–Crippen MR) is 129 cm³/mol. The summed E-state index contributed by atoms with van der Waals surface area (Å²) in [5.41, 5.74) is 3.43. The van der Waals surface area contributed by atoms with Crippen LogP contribution in [0.4, 0.5) is 11.4 Å². The molecule has 2 aromatic rings. The zero-order valence-electron chi connectivity index (χ0n) is 18.2. The van der Waals surface area contributed by atoms with Gasteiger partial charge in [0.1, 0.15) is 4.91 Å². The number of hydrogen-bond donors (Lipinski definition) is 0. The number of hydrazone groups is 1. The number of thioether (sulfide) groups is 2. The van der Waals surface area contributed by atoms with Gasteiger partial charge < -0.3 is 14.4 Å². The highest BCUT2D eigenvalue weighted by Gasteiger charge is 2.58. The normalized spacial score (nSPS) is 20.1. The number of anilines is 2. The molecule has 1 atom stereocenters. The summed E-state index contributed by atoms with van der Waals surface area (Å²) in [5.74, 6) is -0.926. The molecule has 32 heavy (non-hydrogen) atoms. The molecule has 0 fully saturated rings. The standard InChI is InChI=1S/C23H23N3O4S2/c1-5-30-22(28)20-24-26(18-13-9-10-15(2)14-18)23(32-20)25(17-11-7-6-8-12-17)16(3)19(31-23)21(27)29-4/h6-14H,5H2,1-4H3/t23-/m0/s1. The lowest BCUT2D eigenvalue weighted by atomic mass is 10.2. The van der Waals surface area contributed by atoms with Crippen LogP contribution in [-0.4, -0.2) is 35.0 Å². The Labute approximate surface area is 195 Å². The maximum atomic E-state index is 12.7. The number of ether oxygens (including phenoxy) is 2. The summed E-state index contributed by atoms with van der Waals surface area (Å²) in [6, 6.07) is 17.6. The Morgan fingerprint density at radius 1 is 1.00 bits per heavy atom. The van der Waals surface area contributed by atoms with Crippen molar-refractivity contribution in [3.05, 3.63) is 70.8 Å². The van der Waals surface area contributed by atoms with E-state index in [9.17, 15) is 9.59 Å². The lowest BCUT2D eigenvalue weighted by molar-refractivity contribution is -0.135. The number of methoxy groups -OCH3 is 1. The molecule has 2 aromatic carbocycles.